The van der Waals surface area contributed by atoms with Gasteiger partial charge in [0.1, 0.15) is 11.6 Å². The first-order chi connectivity index (χ1) is 12.5. The Morgan fingerprint density at radius 3 is 1.70 bits per heavy atom. The number of unbranched alkanes of at least 4 members (excludes halogenated alkanes) is 1. The number of carbonyl (C=O) groups excluding carboxylic acids is 2. The van der Waals surface area contributed by atoms with Gasteiger partial charge in [0.05, 0.1) is 19.2 Å². The third kappa shape index (κ3) is 11.0. The van der Waals surface area contributed by atoms with Gasteiger partial charge in [-0.1, -0.05) is 61.8 Å². The van der Waals surface area contributed by atoms with Crippen molar-refractivity contribution in [1.82, 2.24) is 10.2 Å². The number of aliphatic hydroxyl groups excluding tert-OH is 1. The Morgan fingerprint density at radius 2 is 1.33 bits per heavy atom. The minimum Gasteiger partial charge on any atom is -0.391 e. The van der Waals surface area contributed by atoms with E-state index in [1.165, 1.54) is 0 Å². The molecule has 0 aromatic rings. The normalized spacial score (nSPS) is 14.6. The fourth-order valence-corrected chi connectivity index (χ4v) is 2.94. The number of aliphatic hydroxyl groups is 1. The lowest BCUT2D eigenvalue weighted by molar-refractivity contribution is -0.128. The van der Waals surface area contributed by atoms with Gasteiger partial charge in [-0.15, -0.1) is 0 Å². The van der Waals surface area contributed by atoms with E-state index in [1.807, 2.05) is 46.4 Å². The van der Waals surface area contributed by atoms with Crippen LogP contribution in [0.1, 0.15) is 74.7 Å². The van der Waals surface area contributed by atoms with E-state index in [9.17, 15) is 14.7 Å². The molecule has 0 aromatic heterocycles. The molecule has 0 bridgehead atoms. The van der Waals surface area contributed by atoms with E-state index in [-0.39, 0.29) is 48.5 Å². The summed E-state index contributed by atoms with van der Waals surface area (Å²) in [5, 5.41) is 14.2. The standard InChI is InChI=1S/C22H44N2O3/c1-15(2)20(25)13-24(14-21(26)16(3)4)19(22(27)17(5)6)11-9-10-12-23-18(7)8/h15-19,22-23,27H,9-14H2,1-8H3/t19?,22-/m0/s1. The second kappa shape index (κ2) is 13.4. The second-order valence-corrected chi connectivity index (χ2v) is 9.05. The van der Waals surface area contributed by atoms with Gasteiger partial charge in [-0.2, -0.15) is 0 Å². The maximum Gasteiger partial charge on any atom is 0.149 e. The molecule has 0 saturated carbocycles. The van der Waals surface area contributed by atoms with Crippen LogP contribution in [0.25, 0.3) is 0 Å². The average Bonchev–Trinajstić information content (AvgIpc) is 2.56. The third-order valence-electron chi connectivity index (χ3n) is 5.03. The molecule has 1 unspecified atom stereocenters. The van der Waals surface area contributed by atoms with Gasteiger partial charge in [0.15, 0.2) is 0 Å². The van der Waals surface area contributed by atoms with Crippen molar-refractivity contribution in [2.45, 2.75) is 92.8 Å². The van der Waals surface area contributed by atoms with Crippen LogP contribution in [0, 0.1) is 17.8 Å². The Kier molecular flexibility index (Phi) is 13.0. The van der Waals surface area contributed by atoms with Crippen LogP contribution in [-0.2, 0) is 9.59 Å². The van der Waals surface area contributed by atoms with E-state index in [4.69, 9.17) is 0 Å². The largest absolute Gasteiger partial charge is 0.391 e. The zero-order chi connectivity index (χ0) is 21.1. The zero-order valence-electron chi connectivity index (χ0n) is 18.9. The summed E-state index contributed by atoms with van der Waals surface area (Å²) in [4.78, 5) is 26.8. The molecule has 0 saturated heterocycles. The SMILES string of the molecule is CC(C)NCCCCC([C@@H](O)C(C)C)N(CC(=O)C(C)C)CC(=O)C(C)C. The van der Waals surface area contributed by atoms with Crippen LogP contribution >= 0.6 is 0 Å². The number of Topliss-reactive ketones (excluding diaryl/α,β-unsaturated/α-hetero) is 2. The van der Waals surface area contributed by atoms with Crippen LogP contribution in [0.4, 0.5) is 0 Å². The van der Waals surface area contributed by atoms with Gasteiger partial charge in [-0.05, 0) is 25.3 Å². The highest BCUT2D eigenvalue weighted by molar-refractivity contribution is 5.85. The van der Waals surface area contributed by atoms with Crippen molar-refractivity contribution < 1.29 is 14.7 Å². The number of hydrogen-bond acceptors (Lipinski definition) is 5. The van der Waals surface area contributed by atoms with E-state index >= 15 is 0 Å². The van der Waals surface area contributed by atoms with E-state index < -0.39 is 6.10 Å². The van der Waals surface area contributed by atoms with Gasteiger partial charge in [-0.25, -0.2) is 0 Å². The Hall–Kier alpha value is -0.780. The molecule has 0 heterocycles. The summed E-state index contributed by atoms with van der Waals surface area (Å²) in [6.45, 7) is 17.2. The Bertz CT molecular complexity index is 411. The fraction of sp³-hybridized carbons (Fsp3) is 0.909. The van der Waals surface area contributed by atoms with Crippen LogP contribution in [0.15, 0.2) is 0 Å². The highest BCUT2D eigenvalue weighted by atomic mass is 16.3. The van der Waals surface area contributed by atoms with Crippen molar-refractivity contribution >= 4 is 11.6 Å². The number of ketones is 2. The van der Waals surface area contributed by atoms with Crippen LogP contribution in [-0.4, -0.2) is 59.4 Å². The van der Waals surface area contributed by atoms with Crippen molar-refractivity contribution in [3.63, 3.8) is 0 Å². The van der Waals surface area contributed by atoms with Crippen molar-refractivity contribution in [2.24, 2.45) is 17.8 Å². The Balaban J connectivity index is 5.22. The van der Waals surface area contributed by atoms with E-state index in [2.05, 4.69) is 19.2 Å². The summed E-state index contributed by atoms with van der Waals surface area (Å²) in [5.74, 6) is 0.167. The molecule has 0 aromatic carbocycles. The topological polar surface area (TPSA) is 69.6 Å². The lowest BCUT2D eigenvalue weighted by atomic mass is 9.92. The van der Waals surface area contributed by atoms with Crippen molar-refractivity contribution in [3.05, 3.63) is 0 Å². The van der Waals surface area contributed by atoms with Gasteiger partial charge < -0.3 is 10.4 Å². The maximum absolute atomic E-state index is 12.4. The third-order valence-corrected chi connectivity index (χ3v) is 5.03. The first-order valence-electron chi connectivity index (χ1n) is 10.7. The van der Waals surface area contributed by atoms with Gasteiger partial charge in [0.2, 0.25) is 0 Å². The lowest BCUT2D eigenvalue weighted by Gasteiger charge is -2.36. The molecule has 160 valence electrons. The van der Waals surface area contributed by atoms with Gasteiger partial charge in [0.25, 0.3) is 0 Å². The first kappa shape index (κ1) is 26.2. The summed E-state index contributed by atoms with van der Waals surface area (Å²) in [5.41, 5.74) is 0. The molecular formula is C22H44N2O3. The Morgan fingerprint density at radius 1 is 0.852 bits per heavy atom. The van der Waals surface area contributed by atoms with Crippen molar-refractivity contribution in [1.29, 1.82) is 0 Å². The molecule has 0 aliphatic carbocycles. The molecule has 5 nitrogen and oxygen atoms in total. The van der Waals surface area contributed by atoms with Crippen LogP contribution in [0.5, 0.6) is 0 Å². The van der Waals surface area contributed by atoms with Crippen molar-refractivity contribution in [2.75, 3.05) is 19.6 Å². The van der Waals surface area contributed by atoms with E-state index in [0.29, 0.717) is 6.04 Å². The van der Waals surface area contributed by atoms with Gasteiger partial charge in [-0.3, -0.25) is 14.5 Å². The minimum atomic E-state index is -0.553. The molecule has 0 aliphatic heterocycles. The predicted molar refractivity (Wildman–Crippen MR) is 113 cm³/mol. The molecule has 0 spiro atoms. The highest BCUT2D eigenvalue weighted by Crippen LogP contribution is 2.20. The molecule has 0 rings (SSSR count). The number of nitrogens with one attached hydrogen (secondary N) is 1. The molecule has 0 radical (unpaired) electrons. The van der Waals surface area contributed by atoms with Crippen LogP contribution < -0.4 is 5.32 Å². The molecule has 0 amide bonds. The molecular weight excluding hydrogens is 340 g/mol. The molecule has 2 atom stereocenters. The number of carbonyl (C=O) groups is 2. The quantitative estimate of drug-likeness (QED) is 0.424. The summed E-state index contributed by atoms with van der Waals surface area (Å²) in [7, 11) is 0. The lowest BCUT2D eigenvalue weighted by Crippen LogP contribution is -2.50. The molecule has 0 aliphatic rings. The number of nitrogens with zero attached hydrogens (tertiary/aromatic N) is 1. The number of rotatable bonds is 15. The predicted octanol–water partition coefficient (Wildman–Crippen LogP) is 3.29. The summed E-state index contributed by atoms with van der Waals surface area (Å²) >= 11 is 0. The fourth-order valence-electron chi connectivity index (χ4n) is 2.94. The minimum absolute atomic E-state index is 0.0752. The summed E-state index contributed by atoms with van der Waals surface area (Å²) in [6.07, 6.45) is 2.21. The summed E-state index contributed by atoms with van der Waals surface area (Å²) in [6, 6.07) is 0.292. The molecule has 27 heavy (non-hydrogen) atoms. The van der Waals surface area contributed by atoms with Crippen molar-refractivity contribution in [3.8, 4) is 0 Å². The Labute approximate surface area is 167 Å². The number of hydrogen-bond donors (Lipinski definition) is 2. The zero-order valence-corrected chi connectivity index (χ0v) is 18.9. The monoisotopic (exact) mass is 384 g/mol. The van der Waals surface area contributed by atoms with Gasteiger partial charge >= 0.3 is 0 Å². The maximum atomic E-state index is 12.4. The molecule has 0 fully saturated rings. The van der Waals surface area contributed by atoms with Crippen LogP contribution in [0.2, 0.25) is 0 Å². The second-order valence-electron chi connectivity index (χ2n) is 9.05. The van der Waals surface area contributed by atoms with E-state index in [1.54, 1.807) is 0 Å². The van der Waals surface area contributed by atoms with E-state index in [0.717, 1.165) is 25.8 Å². The van der Waals surface area contributed by atoms with Crippen LogP contribution in [0.3, 0.4) is 0 Å². The highest BCUT2D eigenvalue weighted by Gasteiger charge is 2.31. The molecule has 2 N–H and O–H groups in total. The first-order valence-corrected chi connectivity index (χ1v) is 10.7. The molecule has 5 heteroatoms. The average molecular weight is 385 g/mol. The smallest absolute Gasteiger partial charge is 0.149 e. The van der Waals surface area contributed by atoms with Gasteiger partial charge in [0, 0.05) is 23.9 Å². The summed E-state index contributed by atoms with van der Waals surface area (Å²) < 4.78 is 0.